The molecule has 0 saturated carbocycles. The summed E-state index contributed by atoms with van der Waals surface area (Å²) in [6, 6.07) is 0. The van der Waals surface area contributed by atoms with E-state index in [4.69, 9.17) is 14.2 Å². The summed E-state index contributed by atoms with van der Waals surface area (Å²) in [5.74, 6) is -1.10. The molecule has 0 radical (unpaired) electrons. The molecular weight excluding hydrogens is 296 g/mol. The number of esters is 2. The summed E-state index contributed by atoms with van der Waals surface area (Å²) < 4.78 is 15.9. The van der Waals surface area contributed by atoms with Crippen LogP contribution >= 0.6 is 0 Å². The molecule has 1 aliphatic carbocycles. The summed E-state index contributed by atoms with van der Waals surface area (Å²) in [5, 5.41) is 0. The number of carbonyl (C=O) groups is 2. The van der Waals surface area contributed by atoms with Gasteiger partial charge in [-0.15, -0.1) is 0 Å². The Morgan fingerprint density at radius 2 is 1.83 bits per heavy atom. The summed E-state index contributed by atoms with van der Waals surface area (Å²) in [4.78, 5) is 25.3. The van der Waals surface area contributed by atoms with Crippen molar-refractivity contribution in [1.29, 1.82) is 0 Å². The largest absolute Gasteiger partial charge is 0.468 e. The molecule has 5 nitrogen and oxygen atoms in total. The van der Waals surface area contributed by atoms with Gasteiger partial charge in [-0.05, 0) is 37.8 Å². The Morgan fingerprint density at radius 3 is 2.30 bits per heavy atom. The zero-order valence-electron chi connectivity index (χ0n) is 14.7. The van der Waals surface area contributed by atoms with E-state index in [-0.39, 0.29) is 6.10 Å². The smallest absolute Gasteiger partial charge is 0.328 e. The molecule has 1 heterocycles. The van der Waals surface area contributed by atoms with Gasteiger partial charge in [0.15, 0.2) is 5.41 Å². The molecule has 0 spiro atoms. The average molecular weight is 322 g/mol. The Balaban J connectivity index is 2.63. The van der Waals surface area contributed by atoms with E-state index in [0.717, 1.165) is 41.6 Å². The van der Waals surface area contributed by atoms with Crippen LogP contribution in [0.15, 0.2) is 22.3 Å². The van der Waals surface area contributed by atoms with E-state index in [0.29, 0.717) is 13.0 Å². The van der Waals surface area contributed by atoms with Crippen LogP contribution in [0.5, 0.6) is 0 Å². The quantitative estimate of drug-likeness (QED) is 0.588. The predicted octanol–water partition coefficient (Wildman–Crippen LogP) is 2.94. The minimum Gasteiger partial charge on any atom is -0.468 e. The van der Waals surface area contributed by atoms with Gasteiger partial charge in [0, 0.05) is 6.42 Å². The van der Waals surface area contributed by atoms with Crippen molar-refractivity contribution in [3.63, 3.8) is 0 Å². The van der Waals surface area contributed by atoms with E-state index in [9.17, 15) is 9.59 Å². The van der Waals surface area contributed by atoms with Crippen molar-refractivity contribution in [2.75, 3.05) is 20.8 Å². The first-order valence-electron chi connectivity index (χ1n) is 8.12. The number of rotatable bonds is 4. The maximum Gasteiger partial charge on any atom is 0.328 e. The highest BCUT2D eigenvalue weighted by Crippen LogP contribution is 2.53. The minimum absolute atomic E-state index is 0.0650. The van der Waals surface area contributed by atoms with E-state index in [2.05, 4.69) is 6.92 Å². The normalized spacial score (nSPS) is 22.7. The maximum absolute atomic E-state index is 12.6. The Kier molecular flexibility index (Phi) is 5.30. The zero-order chi connectivity index (χ0) is 17.2. The van der Waals surface area contributed by atoms with Crippen LogP contribution in [0.2, 0.25) is 0 Å². The van der Waals surface area contributed by atoms with Crippen LogP contribution in [-0.4, -0.2) is 38.9 Å². The van der Waals surface area contributed by atoms with Crippen molar-refractivity contribution < 1.29 is 23.8 Å². The molecule has 0 fully saturated rings. The molecule has 0 aromatic carbocycles. The zero-order valence-corrected chi connectivity index (χ0v) is 14.7. The number of hydrogen-bond acceptors (Lipinski definition) is 5. The van der Waals surface area contributed by atoms with Crippen LogP contribution in [0.4, 0.5) is 0 Å². The first-order chi connectivity index (χ1) is 10.9. The van der Waals surface area contributed by atoms with Gasteiger partial charge in [0.25, 0.3) is 0 Å². The molecule has 0 amide bonds. The number of allylic oxidation sites excluding steroid dienone is 1. The maximum atomic E-state index is 12.6. The third kappa shape index (κ3) is 2.71. The lowest BCUT2D eigenvalue weighted by atomic mass is 9.76. The average Bonchev–Trinajstić information content (AvgIpc) is 2.90. The van der Waals surface area contributed by atoms with Crippen molar-refractivity contribution in [1.82, 2.24) is 0 Å². The van der Waals surface area contributed by atoms with E-state index < -0.39 is 17.4 Å². The van der Waals surface area contributed by atoms with Crippen molar-refractivity contribution in [2.45, 2.75) is 52.6 Å². The number of methoxy groups -OCH3 is 2. The van der Waals surface area contributed by atoms with Crippen LogP contribution in [-0.2, 0) is 23.8 Å². The molecule has 0 aromatic rings. The lowest BCUT2D eigenvalue weighted by molar-refractivity contribution is -0.165. The first kappa shape index (κ1) is 17.7. The summed E-state index contributed by atoms with van der Waals surface area (Å²) in [7, 11) is 2.62. The molecule has 5 heteroatoms. The van der Waals surface area contributed by atoms with Gasteiger partial charge in [-0.2, -0.15) is 0 Å². The van der Waals surface area contributed by atoms with Gasteiger partial charge in [0.2, 0.25) is 0 Å². The molecule has 23 heavy (non-hydrogen) atoms. The lowest BCUT2D eigenvalue weighted by Gasteiger charge is -2.30. The molecular formula is C18H26O5. The van der Waals surface area contributed by atoms with E-state index in [1.54, 1.807) is 0 Å². The van der Waals surface area contributed by atoms with Gasteiger partial charge in [-0.1, -0.05) is 24.5 Å². The van der Waals surface area contributed by atoms with Crippen LogP contribution in [0.1, 0.15) is 46.5 Å². The van der Waals surface area contributed by atoms with E-state index in [1.807, 2.05) is 13.8 Å². The SMILES string of the molecule is CCCC1OCCC2=C1C(=C(C)C)C(C(=O)OC)(C(=O)OC)C2. The molecule has 2 aliphatic rings. The van der Waals surface area contributed by atoms with Crippen LogP contribution in [0, 0.1) is 5.41 Å². The first-order valence-corrected chi connectivity index (χ1v) is 8.12. The Hall–Kier alpha value is -1.62. The van der Waals surface area contributed by atoms with E-state index in [1.165, 1.54) is 14.2 Å². The number of hydrogen-bond donors (Lipinski definition) is 0. The van der Waals surface area contributed by atoms with Crippen molar-refractivity contribution >= 4 is 11.9 Å². The second kappa shape index (κ2) is 6.87. The second-order valence-corrected chi connectivity index (χ2v) is 6.36. The van der Waals surface area contributed by atoms with Crippen molar-refractivity contribution in [3.05, 3.63) is 22.3 Å². The second-order valence-electron chi connectivity index (χ2n) is 6.36. The monoisotopic (exact) mass is 322 g/mol. The predicted molar refractivity (Wildman–Crippen MR) is 85.7 cm³/mol. The topological polar surface area (TPSA) is 61.8 Å². The Labute approximate surface area is 137 Å². The van der Waals surface area contributed by atoms with Crippen LogP contribution in [0.25, 0.3) is 0 Å². The summed E-state index contributed by atoms with van der Waals surface area (Å²) in [6.07, 6.45) is 2.85. The standard InChI is InChI=1S/C18H26O5/c1-6-7-13-14-12(8-9-23-13)10-18(16(19)21-4,17(20)22-5)15(14)11(2)3/h13H,6-10H2,1-5H3. The highest BCUT2D eigenvalue weighted by atomic mass is 16.5. The Bertz CT molecular complexity index is 550. The minimum atomic E-state index is -1.38. The van der Waals surface area contributed by atoms with Crippen LogP contribution < -0.4 is 0 Å². The lowest BCUT2D eigenvalue weighted by Crippen LogP contribution is -2.42. The molecule has 2 rings (SSSR count). The number of ether oxygens (including phenoxy) is 3. The number of carbonyl (C=O) groups excluding carboxylic acids is 2. The third-order valence-electron chi connectivity index (χ3n) is 4.72. The van der Waals surface area contributed by atoms with Gasteiger partial charge in [0.05, 0.1) is 26.9 Å². The van der Waals surface area contributed by atoms with Gasteiger partial charge >= 0.3 is 11.9 Å². The van der Waals surface area contributed by atoms with Gasteiger partial charge in [-0.25, -0.2) is 0 Å². The Morgan fingerprint density at radius 1 is 1.22 bits per heavy atom. The molecule has 0 bridgehead atoms. The summed E-state index contributed by atoms with van der Waals surface area (Å²) in [6.45, 7) is 6.56. The highest BCUT2D eigenvalue weighted by molar-refractivity contribution is 6.06. The van der Waals surface area contributed by atoms with E-state index >= 15 is 0 Å². The molecule has 0 N–H and O–H groups in total. The fourth-order valence-corrected chi connectivity index (χ4v) is 3.90. The molecule has 1 aliphatic heterocycles. The van der Waals surface area contributed by atoms with Crippen LogP contribution in [0.3, 0.4) is 0 Å². The van der Waals surface area contributed by atoms with Gasteiger partial charge in [0.1, 0.15) is 0 Å². The molecule has 1 atom stereocenters. The molecule has 128 valence electrons. The molecule has 1 unspecified atom stereocenters. The summed E-state index contributed by atoms with van der Waals surface area (Å²) in [5.41, 5.74) is 2.43. The van der Waals surface area contributed by atoms with Gasteiger partial charge < -0.3 is 14.2 Å². The third-order valence-corrected chi connectivity index (χ3v) is 4.72. The highest BCUT2D eigenvalue weighted by Gasteiger charge is 2.58. The fourth-order valence-electron chi connectivity index (χ4n) is 3.90. The van der Waals surface area contributed by atoms with Crippen molar-refractivity contribution in [3.8, 4) is 0 Å². The van der Waals surface area contributed by atoms with Crippen molar-refractivity contribution in [2.24, 2.45) is 5.41 Å². The fraction of sp³-hybridized carbons (Fsp3) is 0.667. The molecule has 0 saturated heterocycles. The van der Waals surface area contributed by atoms with Gasteiger partial charge in [-0.3, -0.25) is 9.59 Å². The molecule has 0 aromatic heterocycles. The summed E-state index contributed by atoms with van der Waals surface area (Å²) >= 11 is 0.